The molecule has 1 aliphatic heterocycles. The van der Waals surface area contributed by atoms with Crippen LogP contribution in [0.15, 0.2) is 29.8 Å². The van der Waals surface area contributed by atoms with Crippen molar-refractivity contribution in [2.24, 2.45) is 0 Å². The summed E-state index contributed by atoms with van der Waals surface area (Å²) in [5, 5.41) is 20.1. The number of ether oxygens (including phenoxy) is 3. The fourth-order valence-electron chi connectivity index (χ4n) is 4.53. The van der Waals surface area contributed by atoms with E-state index in [9.17, 15) is 15.0 Å². The van der Waals surface area contributed by atoms with Crippen LogP contribution in [-0.2, 0) is 25.4 Å². The SMILES string of the molecule is CCOC(=O)C1=CC2(CCC1SC1CCc3c(Cl)cccc31)O[C@H](CO)[C@@H](CO)O2. The van der Waals surface area contributed by atoms with E-state index in [0.29, 0.717) is 18.4 Å². The van der Waals surface area contributed by atoms with Crippen LogP contribution in [0.2, 0.25) is 5.02 Å². The predicted molar refractivity (Wildman–Crippen MR) is 114 cm³/mol. The van der Waals surface area contributed by atoms with Crippen LogP contribution in [0.25, 0.3) is 0 Å². The second-order valence-corrected chi connectivity index (χ2v) is 9.63. The molecule has 1 heterocycles. The molecule has 0 saturated carbocycles. The molecule has 8 heteroatoms. The van der Waals surface area contributed by atoms with E-state index in [2.05, 4.69) is 6.07 Å². The lowest BCUT2D eigenvalue weighted by Gasteiger charge is -2.34. The van der Waals surface area contributed by atoms with Gasteiger partial charge in [0.05, 0.1) is 25.4 Å². The van der Waals surface area contributed by atoms with Gasteiger partial charge >= 0.3 is 5.97 Å². The highest BCUT2D eigenvalue weighted by molar-refractivity contribution is 8.00. The van der Waals surface area contributed by atoms with Gasteiger partial charge in [0.15, 0.2) is 5.79 Å². The van der Waals surface area contributed by atoms with E-state index in [0.717, 1.165) is 17.9 Å². The van der Waals surface area contributed by atoms with E-state index in [4.69, 9.17) is 25.8 Å². The number of benzene rings is 1. The molecule has 1 aromatic rings. The highest BCUT2D eigenvalue weighted by Crippen LogP contribution is 2.50. The van der Waals surface area contributed by atoms with Crippen molar-refractivity contribution in [1.29, 1.82) is 0 Å². The molecule has 164 valence electrons. The maximum absolute atomic E-state index is 12.8. The van der Waals surface area contributed by atoms with Crippen molar-refractivity contribution in [3.05, 3.63) is 46.0 Å². The van der Waals surface area contributed by atoms with E-state index >= 15 is 0 Å². The summed E-state index contributed by atoms with van der Waals surface area (Å²) in [4.78, 5) is 12.8. The van der Waals surface area contributed by atoms with Crippen LogP contribution in [-0.4, -0.2) is 59.2 Å². The number of aliphatic hydroxyl groups excluding tert-OH is 2. The highest BCUT2D eigenvalue weighted by Gasteiger charge is 2.49. The summed E-state index contributed by atoms with van der Waals surface area (Å²) in [6.07, 6.45) is 3.58. The Kier molecular flexibility index (Phi) is 6.77. The zero-order valence-corrected chi connectivity index (χ0v) is 18.5. The van der Waals surface area contributed by atoms with Gasteiger partial charge in [0.1, 0.15) is 12.2 Å². The number of thioether (sulfide) groups is 1. The Balaban J connectivity index is 1.59. The number of esters is 1. The summed E-state index contributed by atoms with van der Waals surface area (Å²) < 4.78 is 17.2. The van der Waals surface area contributed by atoms with Crippen LogP contribution >= 0.6 is 23.4 Å². The van der Waals surface area contributed by atoms with Crippen molar-refractivity contribution in [3.63, 3.8) is 0 Å². The van der Waals surface area contributed by atoms with E-state index in [-0.39, 0.29) is 36.3 Å². The molecule has 2 aliphatic carbocycles. The second-order valence-electron chi connectivity index (χ2n) is 7.81. The number of halogens is 1. The van der Waals surface area contributed by atoms with Gasteiger partial charge in [-0.1, -0.05) is 23.7 Å². The van der Waals surface area contributed by atoms with Crippen LogP contribution in [0.3, 0.4) is 0 Å². The minimum atomic E-state index is -1.11. The van der Waals surface area contributed by atoms with Crippen molar-refractivity contribution in [1.82, 2.24) is 0 Å². The molecule has 4 rings (SSSR count). The average Bonchev–Trinajstić information content (AvgIpc) is 3.32. The van der Waals surface area contributed by atoms with Gasteiger partial charge < -0.3 is 24.4 Å². The summed E-state index contributed by atoms with van der Waals surface area (Å²) in [6, 6.07) is 6.01. The van der Waals surface area contributed by atoms with Crippen molar-refractivity contribution in [2.75, 3.05) is 19.8 Å². The van der Waals surface area contributed by atoms with Gasteiger partial charge in [0.25, 0.3) is 0 Å². The van der Waals surface area contributed by atoms with Crippen LogP contribution in [0.5, 0.6) is 0 Å². The number of rotatable bonds is 6. The number of carbonyl (C=O) groups is 1. The van der Waals surface area contributed by atoms with Crippen LogP contribution < -0.4 is 0 Å². The molecule has 2 N–H and O–H groups in total. The fraction of sp³-hybridized carbons (Fsp3) is 0.591. The lowest BCUT2D eigenvalue weighted by molar-refractivity contribution is -0.154. The molecule has 0 bridgehead atoms. The monoisotopic (exact) mass is 454 g/mol. The summed E-state index contributed by atoms with van der Waals surface area (Å²) >= 11 is 8.13. The first-order chi connectivity index (χ1) is 14.5. The zero-order valence-electron chi connectivity index (χ0n) is 16.9. The summed E-state index contributed by atoms with van der Waals surface area (Å²) in [5.41, 5.74) is 2.97. The lowest BCUT2D eigenvalue weighted by Crippen LogP contribution is -2.37. The van der Waals surface area contributed by atoms with E-state index in [1.165, 1.54) is 11.1 Å². The molecule has 3 aliphatic rings. The van der Waals surface area contributed by atoms with Crippen LogP contribution in [0.4, 0.5) is 0 Å². The largest absolute Gasteiger partial charge is 0.463 e. The standard InChI is InChI=1S/C22H27ClO6S/c1-2-27-21(26)15-10-22(28-17(11-24)18(12-25)29-22)9-8-20(15)30-19-7-6-13-14(19)4-3-5-16(13)23/h3-5,10,17-20,24-25H,2,6-9,11-12H2,1H3/t17-,18-,19?,20?/m1/s1. The molecular formula is C22H27ClO6S. The molecule has 30 heavy (non-hydrogen) atoms. The van der Waals surface area contributed by atoms with Gasteiger partial charge in [-0.25, -0.2) is 4.79 Å². The summed E-state index contributed by atoms with van der Waals surface area (Å²) in [5.74, 6) is -1.49. The van der Waals surface area contributed by atoms with Crippen molar-refractivity contribution in [2.45, 2.75) is 61.1 Å². The number of fused-ring (bicyclic) bond motifs is 1. The van der Waals surface area contributed by atoms with E-state index < -0.39 is 18.0 Å². The van der Waals surface area contributed by atoms with Crippen molar-refractivity contribution < 1.29 is 29.2 Å². The molecule has 1 saturated heterocycles. The quantitative estimate of drug-likeness (QED) is 0.638. The van der Waals surface area contributed by atoms with E-state index in [1.54, 1.807) is 24.8 Å². The van der Waals surface area contributed by atoms with Gasteiger partial charge in [0, 0.05) is 21.9 Å². The Morgan fingerprint density at radius 2 is 1.97 bits per heavy atom. The van der Waals surface area contributed by atoms with Gasteiger partial charge in [0.2, 0.25) is 0 Å². The fourth-order valence-corrected chi connectivity index (χ4v) is 6.39. The lowest BCUT2D eigenvalue weighted by atomic mass is 9.94. The summed E-state index contributed by atoms with van der Waals surface area (Å²) in [6.45, 7) is 1.55. The third kappa shape index (κ3) is 4.16. The summed E-state index contributed by atoms with van der Waals surface area (Å²) in [7, 11) is 0. The second kappa shape index (κ2) is 9.18. The van der Waals surface area contributed by atoms with Gasteiger partial charge in [-0.05, 0) is 49.5 Å². The molecule has 6 nitrogen and oxygen atoms in total. The first-order valence-electron chi connectivity index (χ1n) is 10.4. The number of carbonyl (C=O) groups excluding carboxylic acids is 1. The molecule has 1 spiro atoms. The normalized spacial score (nSPS) is 29.7. The maximum Gasteiger partial charge on any atom is 0.335 e. The van der Waals surface area contributed by atoms with Crippen LogP contribution in [0, 0.1) is 0 Å². The molecule has 1 fully saturated rings. The number of hydrogen-bond acceptors (Lipinski definition) is 7. The number of aliphatic hydroxyl groups is 2. The average molecular weight is 455 g/mol. The van der Waals surface area contributed by atoms with Crippen LogP contribution in [0.1, 0.15) is 42.6 Å². The minimum absolute atomic E-state index is 0.0578. The predicted octanol–water partition coefficient (Wildman–Crippen LogP) is 3.18. The number of hydrogen-bond donors (Lipinski definition) is 2. The molecule has 1 aromatic carbocycles. The molecule has 0 aromatic heterocycles. The Labute approximate surface area is 185 Å². The smallest absolute Gasteiger partial charge is 0.335 e. The Bertz CT molecular complexity index is 816. The molecule has 2 unspecified atom stereocenters. The minimum Gasteiger partial charge on any atom is -0.463 e. The van der Waals surface area contributed by atoms with Crippen molar-refractivity contribution >= 4 is 29.3 Å². The first kappa shape index (κ1) is 22.1. The first-order valence-corrected chi connectivity index (χ1v) is 11.7. The molecule has 0 amide bonds. The van der Waals surface area contributed by atoms with E-state index in [1.807, 2.05) is 12.1 Å². The van der Waals surface area contributed by atoms with Gasteiger partial charge in [-0.2, -0.15) is 0 Å². The highest BCUT2D eigenvalue weighted by atomic mass is 35.5. The Morgan fingerprint density at radius 1 is 1.23 bits per heavy atom. The molecule has 0 radical (unpaired) electrons. The Morgan fingerprint density at radius 3 is 2.63 bits per heavy atom. The third-order valence-corrected chi connectivity index (χ3v) is 7.94. The van der Waals surface area contributed by atoms with Gasteiger partial charge in [-0.15, -0.1) is 11.8 Å². The van der Waals surface area contributed by atoms with Crippen molar-refractivity contribution in [3.8, 4) is 0 Å². The van der Waals surface area contributed by atoms with Gasteiger partial charge in [-0.3, -0.25) is 0 Å². The topological polar surface area (TPSA) is 85.2 Å². The third-order valence-electron chi connectivity index (χ3n) is 5.95. The molecular weight excluding hydrogens is 428 g/mol. The Hall–Kier alpha value is -1.09. The zero-order chi connectivity index (χ0) is 21.3. The maximum atomic E-state index is 12.8. The molecule has 4 atom stereocenters.